The van der Waals surface area contributed by atoms with Gasteiger partial charge in [0, 0.05) is 11.6 Å². The molecule has 116 valence electrons. The molecule has 0 aliphatic rings. The molecule has 0 saturated heterocycles. The Morgan fingerprint density at radius 1 is 1.18 bits per heavy atom. The second-order valence-electron chi connectivity index (χ2n) is 4.51. The number of nitrogens with one attached hydrogen (secondary N) is 1. The van der Waals surface area contributed by atoms with Gasteiger partial charge in [-0.2, -0.15) is 0 Å². The molecular formula is C15H12F3NO3. The number of hydrogen-bond donors (Lipinski definition) is 3. The van der Waals surface area contributed by atoms with E-state index in [0.29, 0.717) is 6.07 Å². The summed E-state index contributed by atoms with van der Waals surface area (Å²) in [6.07, 6.45) is 0. The third-order valence-corrected chi connectivity index (χ3v) is 3.05. The van der Waals surface area contributed by atoms with Crippen LogP contribution < -0.4 is 5.32 Å². The van der Waals surface area contributed by atoms with Gasteiger partial charge in [-0.15, -0.1) is 0 Å². The van der Waals surface area contributed by atoms with Gasteiger partial charge in [0.15, 0.2) is 11.6 Å². The van der Waals surface area contributed by atoms with Gasteiger partial charge in [0.1, 0.15) is 11.6 Å². The zero-order valence-corrected chi connectivity index (χ0v) is 11.2. The first kappa shape index (κ1) is 15.8. The minimum atomic E-state index is -1.19. The van der Waals surface area contributed by atoms with Crippen molar-refractivity contribution in [1.82, 2.24) is 5.32 Å². The van der Waals surface area contributed by atoms with Gasteiger partial charge in [-0.1, -0.05) is 12.1 Å². The molecule has 1 atom stereocenters. The maximum atomic E-state index is 13.7. The number of aliphatic hydroxyl groups is 1. The van der Waals surface area contributed by atoms with Crippen molar-refractivity contribution in [2.75, 3.05) is 6.61 Å². The van der Waals surface area contributed by atoms with E-state index in [2.05, 4.69) is 5.32 Å². The molecule has 0 spiro atoms. The fourth-order valence-corrected chi connectivity index (χ4v) is 1.94. The van der Waals surface area contributed by atoms with Crippen molar-refractivity contribution in [3.63, 3.8) is 0 Å². The Kier molecular flexibility index (Phi) is 4.67. The van der Waals surface area contributed by atoms with Crippen LogP contribution in [0.25, 0.3) is 0 Å². The zero-order valence-electron chi connectivity index (χ0n) is 11.2. The number of phenols is 1. The largest absolute Gasteiger partial charge is 0.505 e. The van der Waals surface area contributed by atoms with Crippen LogP contribution in [0.3, 0.4) is 0 Å². The Bertz CT molecular complexity index is 706. The first-order chi connectivity index (χ1) is 10.4. The van der Waals surface area contributed by atoms with Crippen molar-refractivity contribution < 1.29 is 28.2 Å². The predicted octanol–water partition coefficient (Wildman–Crippen LogP) is 2.27. The molecule has 0 heterocycles. The van der Waals surface area contributed by atoms with E-state index >= 15 is 0 Å². The van der Waals surface area contributed by atoms with E-state index < -0.39 is 47.3 Å². The van der Waals surface area contributed by atoms with Gasteiger partial charge < -0.3 is 15.5 Å². The van der Waals surface area contributed by atoms with Crippen molar-refractivity contribution in [2.45, 2.75) is 6.04 Å². The molecule has 2 aromatic rings. The summed E-state index contributed by atoms with van der Waals surface area (Å²) >= 11 is 0. The molecule has 7 heteroatoms. The molecule has 22 heavy (non-hydrogen) atoms. The quantitative estimate of drug-likeness (QED) is 0.811. The number of aliphatic hydroxyl groups excluding tert-OH is 1. The molecule has 0 aliphatic heterocycles. The van der Waals surface area contributed by atoms with Crippen molar-refractivity contribution in [2.24, 2.45) is 0 Å². The van der Waals surface area contributed by atoms with Crippen LogP contribution in [0.1, 0.15) is 22.0 Å². The maximum absolute atomic E-state index is 13.7. The van der Waals surface area contributed by atoms with Gasteiger partial charge in [-0.05, 0) is 18.2 Å². The second kappa shape index (κ2) is 6.48. The minimum absolute atomic E-state index is 0.141. The highest BCUT2D eigenvalue weighted by atomic mass is 19.1. The zero-order chi connectivity index (χ0) is 16.3. The van der Waals surface area contributed by atoms with Crippen LogP contribution in [0, 0.1) is 17.5 Å². The molecule has 1 unspecified atom stereocenters. The molecular weight excluding hydrogens is 299 g/mol. The van der Waals surface area contributed by atoms with Gasteiger partial charge >= 0.3 is 0 Å². The average molecular weight is 311 g/mol. The van der Waals surface area contributed by atoms with Gasteiger partial charge in [-0.25, -0.2) is 13.2 Å². The number of benzene rings is 2. The molecule has 4 nitrogen and oxygen atoms in total. The molecule has 0 bridgehead atoms. The lowest BCUT2D eigenvalue weighted by atomic mass is 10.1. The van der Waals surface area contributed by atoms with Crippen LogP contribution in [0.5, 0.6) is 5.75 Å². The number of carbonyl (C=O) groups excluding carboxylic acids is 1. The number of rotatable bonds is 4. The molecule has 0 saturated carbocycles. The van der Waals surface area contributed by atoms with Crippen LogP contribution in [-0.4, -0.2) is 22.7 Å². The smallest absolute Gasteiger partial charge is 0.254 e. The third kappa shape index (κ3) is 3.20. The summed E-state index contributed by atoms with van der Waals surface area (Å²) < 4.78 is 40.2. The van der Waals surface area contributed by atoms with Crippen LogP contribution in [0.2, 0.25) is 0 Å². The Morgan fingerprint density at radius 3 is 2.55 bits per heavy atom. The van der Waals surface area contributed by atoms with Crippen LogP contribution in [0.15, 0.2) is 36.4 Å². The molecule has 2 rings (SSSR count). The first-order valence-electron chi connectivity index (χ1n) is 6.28. The van der Waals surface area contributed by atoms with Crippen LogP contribution >= 0.6 is 0 Å². The molecule has 0 aliphatic carbocycles. The summed E-state index contributed by atoms with van der Waals surface area (Å²) in [5.74, 6) is -4.53. The van der Waals surface area contributed by atoms with Gasteiger partial charge in [0.05, 0.1) is 18.2 Å². The lowest BCUT2D eigenvalue weighted by molar-refractivity contribution is 0.0910. The highest BCUT2D eigenvalue weighted by molar-refractivity contribution is 5.95. The van der Waals surface area contributed by atoms with Crippen molar-refractivity contribution in [3.05, 3.63) is 65.0 Å². The number of hydrogen-bond acceptors (Lipinski definition) is 3. The number of phenolic OH excluding ortho intramolecular Hbond substituents is 1. The van der Waals surface area contributed by atoms with E-state index in [1.54, 1.807) is 0 Å². The summed E-state index contributed by atoms with van der Waals surface area (Å²) in [4.78, 5) is 12.0. The average Bonchev–Trinajstić information content (AvgIpc) is 2.48. The standard InChI is InChI=1S/C15H12F3NO3/c16-8-4-5-9(11(17)6-8)12(7-20)19-15(22)10-2-1-3-13(21)14(10)18/h1-6,12,20-21H,7H2,(H,19,22). The lowest BCUT2D eigenvalue weighted by Crippen LogP contribution is -2.32. The number of amides is 1. The van der Waals surface area contributed by atoms with Crippen LogP contribution in [-0.2, 0) is 0 Å². The number of halogens is 3. The molecule has 0 fully saturated rings. The minimum Gasteiger partial charge on any atom is -0.505 e. The molecule has 3 N–H and O–H groups in total. The van der Waals surface area contributed by atoms with E-state index in [0.717, 1.165) is 24.3 Å². The van der Waals surface area contributed by atoms with Crippen LogP contribution in [0.4, 0.5) is 13.2 Å². The van der Waals surface area contributed by atoms with E-state index in [4.69, 9.17) is 0 Å². The summed E-state index contributed by atoms with van der Waals surface area (Å²) in [7, 11) is 0. The second-order valence-corrected chi connectivity index (χ2v) is 4.51. The van der Waals surface area contributed by atoms with Crippen molar-refractivity contribution in [1.29, 1.82) is 0 Å². The summed E-state index contributed by atoms with van der Waals surface area (Å²) in [6.45, 7) is -0.672. The summed E-state index contributed by atoms with van der Waals surface area (Å²) in [6, 6.07) is 4.93. The van der Waals surface area contributed by atoms with Crippen molar-refractivity contribution >= 4 is 5.91 Å². The first-order valence-corrected chi connectivity index (χ1v) is 6.28. The van der Waals surface area contributed by atoms with Gasteiger partial charge in [0.25, 0.3) is 5.91 Å². The number of aromatic hydroxyl groups is 1. The predicted molar refractivity (Wildman–Crippen MR) is 71.7 cm³/mol. The van der Waals surface area contributed by atoms with E-state index in [1.165, 1.54) is 6.07 Å². The van der Waals surface area contributed by atoms with E-state index in [-0.39, 0.29) is 5.56 Å². The van der Waals surface area contributed by atoms with E-state index in [9.17, 15) is 28.2 Å². The lowest BCUT2D eigenvalue weighted by Gasteiger charge is -2.17. The Morgan fingerprint density at radius 2 is 1.91 bits per heavy atom. The highest BCUT2D eigenvalue weighted by Crippen LogP contribution is 2.21. The molecule has 0 radical (unpaired) electrons. The summed E-state index contributed by atoms with van der Waals surface area (Å²) in [5.41, 5.74) is -0.598. The summed E-state index contributed by atoms with van der Waals surface area (Å²) in [5, 5.41) is 20.7. The maximum Gasteiger partial charge on any atom is 0.254 e. The third-order valence-electron chi connectivity index (χ3n) is 3.05. The molecule has 2 aromatic carbocycles. The molecule has 1 amide bonds. The fraction of sp³-hybridized carbons (Fsp3) is 0.133. The number of carbonyl (C=O) groups is 1. The van der Waals surface area contributed by atoms with Crippen molar-refractivity contribution in [3.8, 4) is 5.75 Å². The van der Waals surface area contributed by atoms with Gasteiger partial charge in [-0.3, -0.25) is 4.79 Å². The normalized spacial score (nSPS) is 12.0. The topological polar surface area (TPSA) is 69.6 Å². The monoisotopic (exact) mass is 311 g/mol. The van der Waals surface area contributed by atoms with Gasteiger partial charge in [0.2, 0.25) is 0 Å². The Balaban J connectivity index is 2.26. The van der Waals surface area contributed by atoms with E-state index in [1.807, 2.05) is 0 Å². The fourth-order valence-electron chi connectivity index (χ4n) is 1.94. The SMILES string of the molecule is O=C(NC(CO)c1ccc(F)cc1F)c1cccc(O)c1F. The highest BCUT2D eigenvalue weighted by Gasteiger charge is 2.21. The Hall–Kier alpha value is -2.54. The molecule has 0 aromatic heterocycles. The Labute approximate surface area is 123 Å².